The van der Waals surface area contributed by atoms with E-state index in [0.29, 0.717) is 38.8 Å². The molecule has 5 aromatic rings. The topological polar surface area (TPSA) is 144 Å². The number of anilines is 2. The Hall–Kier alpha value is -5.36. The van der Waals surface area contributed by atoms with Crippen molar-refractivity contribution < 1.29 is 19.1 Å². The Morgan fingerprint density at radius 1 is 0.951 bits per heavy atom. The van der Waals surface area contributed by atoms with Gasteiger partial charge < -0.3 is 15.0 Å². The maximum Gasteiger partial charge on any atom is 0.409 e. The van der Waals surface area contributed by atoms with Gasteiger partial charge in [-0.2, -0.15) is 4.68 Å². The fourth-order valence-electron chi connectivity index (χ4n) is 4.27. The van der Waals surface area contributed by atoms with Crippen molar-refractivity contribution in [3.8, 4) is 16.8 Å². The number of pyridine rings is 1. The first kappa shape index (κ1) is 27.2. The van der Waals surface area contributed by atoms with E-state index < -0.39 is 29.4 Å². The molecule has 0 aliphatic carbocycles. The molecule has 3 aromatic carbocycles. The lowest BCUT2D eigenvalue weighted by Crippen LogP contribution is -2.34. The first-order chi connectivity index (χ1) is 19.8. The number of carbonyl (C=O) groups is 2. The van der Waals surface area contributed by atoms with Crippen LogP contribution in [0.2, 0.25) is 5.02 Å². The number of amides is 2. The second-order valence-electron chi connectivity index (χ2n) is 8.92. The molecule has 0 bridgehead atoms. The van der Waals surface area contributed by atoms with E-state index in [-0.39, 0.29) is 6.42 Å². The highest BCUT2D eigenvalue weighted by Crippen LogP contribution is 2.29. The fourth-order valence-corrected chi connectivity index (χ4v) is 4.44. The maximum atomic E-state index is 13.5. The first-order valence-electron chi connectivity index (χ1n) is 12.2. The highest BCUT2D eigenvalue weighted by molar-refractivity contribution is 6.31. The smallest absolute Gasteiger partial charge is 0.409 e. The van der Waals surface area contributed by atoms with Gasteiger partial charge in [0.25, 0.3) is 5.56 Å². The largest absolute Gasteiger partial charge is 0.465 e. The Morgan fingerprint density at radius 2 is 1.66 bits per heavy atom. The van der Waals surface area contributed by atoms with Crippen LogP contribution in [0.3, 0.4) is 0 Å². The SMILES string of the molecule is O=C(O)Nc1ccc(NC(=O)C(Cc2ccc(F)cc2)n2ccc(-c3cc(Cl)ccc3-n3cnnn3)cc2=O)cc1. The van der Waals surface area contributed by atoms with Crippen LogP contribution in [0.4, 0.5) is 20.6 Å². The minimum absolute atomic E-state index is 0.0943. The zero-order valence-electron chi connectivity index (χ0n) is 21.1. The van der Waals surface area contributed by atoms with E-state index in [1.165, 1.54) is 64.2 Å². The van der Waals surface area contributed by atoms with Crippen molar-refractivity contribution in [2.24, 2.45) is 0 Å². The molecule has 0 saturated heterocycles. The summed E-state index contributed by atoms with van der Waals surface area (Å²) in [5, 5.41) is 25.6. The van der Waals surface area contributed by atoms with Crippen molar-refractivity contribution in [2.45, 2.75) is 12.5 Å². The molecule has 11 nitrogen and oxygen atoms in total. The predicted molar refractivity (Wildman–Crippen MR) is 150 cm³/mol. The Morgan fingerprint density at radius 3 is 2.29 bits per heavy atom. The van der Waals surface area contributed by atoms with E-state index in [4.69, 9.17) is 16.7 Å². The molecule has 2 amide bonds. The van der Waals surface area contributed by atoms with Crippen LogP contribution in [0.1, 0.15) is 11.6 Å². The number of nitrogens with zero attached hydrogens (tertiary/aromatic N) is 5. The van der Waals surface area contributed by atoms with Gasteiger partial charge in [0.2, 0.25) is 5.91 Å². The van der Waals surface area contributed by atoms with Crippen LogP contribution >= 0.6 is 11.6 Å². The van der Waals surface area contributed by atoms with Crippen molar-refractivity contribution in [3.05, 3.63) is 118 Å². The third-order valence-electron chi connectivity index (χ3n) is 6.20. The molecule has 206 valence electrons. The molecule has 1 atom stereocenters. The molecule has 2 aromatic heterocycles. The summed E-state index contributed by atoms with van der Waals surface area (Å²) in [7, 11) is 0. The molecule has 13 heteroatoms. The standard InChI is InChI=1S/C28H21ClFN7O4/c29-19-3-10-24(37-16-31-34-35-37)23(15-19)18-11-12-36(26(38)14-18)25(13-17-1-4-20(30)5-2-17)27(39)32-21-6-8-22(9-7-21)33-28(40)41/h1-12,14-16,25,33H,13H2,(H,32,39)(H,40,41). The van der Waals surface area contributed by atoms with Crippen LogP contribution in [-0.2, 0) is 11.2 Å². The second kappa shape index (κ2) is 11.8. The number of hydrogen-bond donors (Lipinski definition) is 3. The van der Waals surface area contributed by atoms with Gasteiger partial charge in [-0.1, -0.05) is 23.7 Å². The predicted octanol–water partition coefficient (Wildman–Crippen LogP) is 4.80. The minimum atomic E-state index is -1.22. The molecule has 5 rings (SSSR count). The number of carboxylic acid groups (broad SMARTS) is 1. The van der Waals surface area contributed by atoms with Gasteiger partial charge in [-0.3, -0.25) is 14.9 Å². The summed E-state index contributed by atoms with van der Waals surface area (Å²) in [6.07, 6.45) is 1.81. The van der Waals surface area contributed by atoms with E-state index in [9.17, 15) is 18.8 Å². The molecule has 0 fully saturated rings. The summed E-state index contributed by atoms with van der Waals surface area (Å²) in [5.41, 5.74) is 2.62. The average molecular weight is 574 g/mol. The lowest BCUT2D eigenvalue weighted by atomic mass is 10.0. The van der Waals surface area contributed by atoms with Crippen LogP contribution in [0.5, 0.6) is 0 Å². The van der Waals surface area contributed by atoms with E-state index in [1.807, 2.05) is 0 Å². The van der Waals surface area contributed by atoms with Crippen molar-refractivity contribution >= 4 is 35.0 Å². The molecule has 0 aliphatic heterocycles. The molecule has 0 spiro atoms. The number of rotatable bonds is 8. The van der Waals surface area contributed by atoms with Crippen LogP contribution in [-0.4, -0.2) is 41.9 Å². The van der Waals surface area contributed by atoms with Gasteiger partial charge in [0.05, 0.1) is 5.69 Å². The van der Waals surface area contributed by atoms with E-state index in [1.54, 1.807) is 36.4 Å². The summed E-state index contributed by atoms with van der Waals surface area (Å²) in [5.74, 6) is -0.925. The number of benzene rings is 3. The highest BCUT2D eigenvalue weighted by atomic mass is 35.5. The lowest BCUT2D eigenvalue weighted by Gasteiger charge is -2.20. The van der Waals surface area contributed by atoms with E-state index in [2.05, 4.69) is 26.2 Å². The van der Waals surface area contributed by atoms with Crippen LogP contribution in [0.25, 0.3) is 16.8 Å². The van der Waals surface area contributed by atoms with Crippen molar-refractivity contribution in [1.82, 2.24) is 24.8 Å². The summed E-state index contributed by atoms with van der Waals surface area (Å²) >= 11 is 6.25. The van der Waals surface area contributed by atoms with Gasteiger partial charge in [0.1, 0.15) is 18.2 Å². The summed E-state index contributed by atoms with van der Waals surface area (Å²) in [6, 6.07) is 18.9. The van der Waals surface area contributed by atoms with E-state index in [0.717, 1.165) is 0 Å². The van der Waals surface area contributed by atoms with Crippen LogP contribution in [0.15, 0.2) is 96.2 Å². The summed E-state index contributed by atoms with van der Waals surface area (Å²) in [4.78, 5) is 37.8. The Bertz CT molecular complexity index is 1760. The normalized spacial score (nSPS) is 11.6. The minimum Gasteiger partial charge on any atom is -0.465 e. The van der Waals surface area contributed by atoms with Gasteiger partial charge in [-0.15, -0.1) is 5.10 Å². The quantitative estimate of drug-likeness (QED) is 0.242. The molecule has 0 radical (unpaired) electrons. The van der Waals surface area contributed by atoms with Crippen molar-refractivity contribution in [1.29, 1.82) is 0 Å². The molecule has 0 aliphatic rings. The monoisotopic (exact) mass is 573 g/mol. The number of carbonyl (C=O) groups excluding carboxylic acids is 1. The number of nitrogens with one attached hydrogen (secondary N) is 2. The molecular weight excluding hydrogens is 553 g/mol. The van der Waals surface area contributed by atoms with Gasteiger partial charge in [0.15, 0.2) is 0 Å². The van der Waals surface area contributed by atoms with Crippen molar-refractivity contribution in [2.75, 3.05) is 10.6 Å². The zero-order chi connectivity index (χ0) is 28.9. The lowest BCUT2D eigenvalue weighted by molar-refractivity contribution is -0.119. The molecule has 1 unspecified atom stereocenters. The Kier molecular flexibility index (Phi) is 7.83. The van der Waals surface area contributed by atoms with Crippen LogP contribution in [0, 0.1) is 5.82 Å². The van der Waals surface area contributed by atoms with Gasteiger partial charge in [-0.25, -0.2) is 9.18 Å². The number of hydrogen-bond acceptors (Lipinski definition) is 6. The summed E-state index contributed by atoms with van der Waals surface area (Å²) < 4.78 is 16.3. The molecule has 0 saturated carbocycles. The number of halogens is 2. The van der Waals surface area contributed by atoms with Gasteiger partial charge >= 0.3 is 6.09 Å². The molecule has 2 heterocycles. The molecule has 3 N–H and O–H groups in total. The first-order valence-corrected chi connectivity index (χ1v) is 12.6. The Balaban J connectivity index is 1.49. The average Bonchev–Trinajstić information content (AvgIpc) is 3.49. The van der Waals surface area contributed by atoms with E-state index >= 15 is 0 Å². The summed E-state index contributed by atoms with van der Waals surface area (Å²) in [6.45, 7) is 0. The van der Waals surface area contributed by atoms with Crippen molar-refractivity contribution in [3.63, 3.8) is 0 Å². The highest BCUT2D eigenvalue weighted by Gasteiger charge is 2.23. The third-order valence-corrected chi connectivity index (χ3v) is 6.43. The van der Waals surface area contributed by atoms with Gasteiger partial charge in [0, 0.05) is 40.6 Å². The second-order valence-corrected chi connectivity index (χ2v) is 9.36. The van der Waals surface area contributed by atoms with Crippen LogP contribution < -0.4 is 16.2 Å². The third kappa shape index (κ3) is 6.45. The van der Waals surface area contributed by atoms with Gasteiger partial charge in [-0.05, 0) is 82.2 Å². The maximum absolute atomic E-state index is 13.5. The Labute approximate surface area is 236 Å². The fraction of sp³-hybridized carbons (Fsp3) is 0.0714. The molecule has 41 heavy (non-hydrogen) atoms. The number of tetrazole rings is 1. The zero-order valence-corrected chi connectivity index (χ0v) is 21.9. The number of aromatic nitrogens is 5. The molecular formula is C28H21ClFN7O4.